The molecule has 444 valence electrons. The van der Waals surface area contributed by atoms with E-state index in [-0.39, 0.29) is 0 Å². The number of unbranched alkanes of at least 4 members (excludes halogenated alkanes) is 40. The van der Waals surface area contributed by atoms with E-state index in [1.165, 1.54) is 293 Å². The van der Waals surface area contributed by atoms with E-state index in [1.807, 2.05) is 12.1 Å². The van der Waals surface area contributed by atoms with Gasteiger partial charge >= 0.3 is 17.2 Å². The van der Waals surface area contributed by atoms with Crippen molar-refractivity contribution in [2.45, 2.75) is 355 Å². The number of phenols is 2. The van der Waals surface area contributed by atoms with Crippen molar-refractivity contribution < 1.29 is 34.1 Å². The van der Waals surface area contributed by atoms with Crippen LogP contribution < -0.4 is 0 Å². The van der Waals surface area contributed by atoms with E-state index in [9.17, 15) is 10.2 Å². The lowest BCUT2D eigenvalue weighted by atomic mass is 9.70. The Morgan fingerprint density at radius 1 is 0.329 bits per heavy atom. The Morgan fingerprint density at radius 3 is 0.829 bits per heavy atom. The van der Waals surface area contributed by atoms with Gasteiger partial charge in [0, 0.05) is 16.5 Å². The summed E-state index contributed by atoms with van der Waals surface area (Å²) < 4.78 is 3.60. The van der Waals surface area contributed by atoms with Gasteiger partial charge in [-0.25, -0.2) is 4.31 Å². The van der Waals surface area contributed by atoms with Crippen molar-refractivity contribution in [3.8, 4) is 11.5 Å². The Morgan fingerprint density at radius 2 is 0.566 bits per heavy atom. The van der Waals surface area contributed by atoms with Crippen LogP contribution in [0, 0.1) is 0 Å². The summed E-state index contributed by atoms with van der Waals surface area (Å²) >= 11 is 0. The number of benzene rings is 2. The SMILES string of the molecule is CCCCCCCCCCCCCc1c(O)c(C(C)(C)c2ccccc2O)c(CCCCCCCCCCCCC)c(CCCCCCCCCCCCC)c1CCCCCCCCCCCCC.OP(O)OP(O)O. The van der Waals surface area contributed by atoms with Crippen LogP contribution in [-0.4, -0.2) is 29.8 Å². The molecule has 0 heterocycles. The molecule has 2 rings (SSSR count). The molecule has 0 aliphatic rings. The van der Waals surface area contributed by atoms with Gasteiger partial charge in [-0.1, -0.05) is 317 Å². The number of hydrogen-bond donors (Lipinski definition) is 6. The van der Waals surface area contributed by atoms with Gasteiger partial charge in [0.25, 0.3) is 0 Å². The maximum atomic E-state index is 13.1. The Kier molecular flexibility index (Phi) is 48.5. The molecule has 76 heavy (non-hydrogen) atoms. The van der Waals surface area contributed by atoms with Crippen molar-refractivity contribution >= 4 is 17.2 Å². The Labute approximate surface area is 473 Å². The van der Waals surface area contributed by atoms with Crippen LogP contribution in [0.1, 0.15) is 357 Å². The maximum absolute atomic E-state index is 13.1. The Hall–Kier alpha value is -1.30. The molecular formula is C67H124O7P2. The number of aromatic hydroxyl groups is 2. The van der Waals surface area contributed by atoms with Crippen molar-refractivity contribution in [1.29, 1.82) is 0 Å². The van der Waals surface area contributed by atoms with Gasteiger partial charge in [-0.2, -0.15) is 0 Å². The van der Waals surface area contributed by atoms with Gasteiger partial charge in [0.05, 0.1) is 0 Å². The van der Waals surface area contributed by atoms with Crippen molar-refractivity contribution in [3.63, 3.8) is 0 Å². The van der Waals surface area contributed by atoms with Gasteiger partial charge in [0.15, 0.2) is 0 Å². The van der Waals surface area contributed by atoms with Crippen LogP contribution in [0.25, 0.3) is 0 Å². The molecule has 0 saturated heterocycles. The first kappa shape index (κ1) is 72.7. The third-order valence-electron chi connectivity index (χ3n) is 16.4. The Bertz CT molecular complexity index is 1590. The molecule has 9 heteroatoms. The summed E-state index contributed by atoms with van der Waals surface area (Å²) in [6.07, 6.45) is 63.8. The highest BCUT2D eigenvalue weighted by Crippen LogP contribution is 2.48. The second kappa shape index (κ2) is 50.6. The molecule has 0 unspecified atom stereocenters. The molecule has 0 saturated carbocycles. The third kappa shape index (κ3) is 36.1. The lowest BCUT2D eigenvalue weighted by Crippen LogP contribution is -2.24. The fourth-order valence-electron chi connectivity index (χ4n) is 11.8. The zero-order chi connectivity index (χ0) is 55.8. The summed E-state index contributed by atoms with van der Waals surface area (Å²) in [6.45, 7) is 13.8. The van der Waals surface area contributed by atoms with E-state index in [0.717, 1.165) is 43.2 Å². The fraction of sp³-hybridized carbons (Fsp3) is 0.821. The zero-order valence-corrected chi connectivity index (χ0v) is 52.5. The summed E-state index contributed by atoms with van der Waals surface area (Å²) in [7, 11) is -5.22. The first-order chi connectivity index (χ1) is 37.0. The van der Waals surface area contributed by atoms with Gasteiger partial charge in [0.1, 0.15) is 11.5 Å². The molecule has 2 aromatic carbocycles. The standard InChI is InChI=1S/C67H120O2.H4O5P2/c1-7-11-15-19-23-27-31-35-39-43-47-53-59-60(54-48-44-40-36-32-28-24-20-16-12-8-2)62(56-50-46-42-38-34-30-26-22-18-14-10-4)66(69)65(67(5,6)63-57-51-52-58-64(63)68)61(59)55-49-45-41-37-33-29-25-21-17-13-9-3;1-6(2)5-7(3)4/h51-52,57-58,68-69H,7-50,53-56H2,1-6H3;1-4H. The molecular weight excluding hydrogens is 979 g/mol. The van der Waals surface area contributed by atoms with E-state index in [4.69, 9.17) is 19.6 Å². The highest BCUT2D eigenvalue weighted by Gasteiger charge is 2.35. The van der Waals surface area contributed by atoms with Crippen LogP contribution in [0.15, 0.2) is 24.3 Å². The van der Waals surface area contributed by atoms with Crippen molar-refractivity contribution in [3.05, 3.63) is 57.6 Å². The monoisotopic (exact) mass is 1100 g/mol. The highest BCUT2D eigenvalue weighted by molar-refractivity contribution is 7.53. The predicted octanol–water partition coefficient (Wildman–Crippen LogP) is 22.3. The first-order valence-electron chi connectivity index (χ1n) is 32.7. The average molecular weight is 1100 g/mol. The minimum atomic E-state index is -2.61. The van der Waals surface area contributed by atoms with Crippen LogP contribution in [0.5, 0.6) is 11.5 Å². The molecule has 7 nitrogen and oxygen atoms in total. The van der Waals surface area contributed by atoms with E-state index < -0.39 is 22.6 Å². The molecule has 0 bridgehead atoms. The van der Waals surface area contributed by atoms with Crippen molar-refractivity contribution in [2.24, 2.45) is 0 Å². The minimum absolute atomic E-state index is 0.353. The molecule has 6 N–H and O–H groups in total. The first-order valence-corrected chi connectivity index (χ1v) is 35.0. The van der Waals surface area contributed by atoms with Gasteiger partial charge in [0.2, 0.25) is 0 Å². The number of para-hydroxylation sites is 1. The molecule has 0 radical (unpaired) electrons. The molecule has 0 aromatic heterocycles. The second-order valence-electron chi connectivity index (χ2n) is 23.5. The summed E-state index contributed by atoms with van der Waals surface area (Å²) in [5.74, 6) is 0.931. The fourth-order valence-corrected chi connectivity index (χ4v) is 12.4. The summed E-state index contributed by atoms with van der Waals surface area (Å²) in [6, 6.07) is 8.01. The number of hydrogen-bond acceptors (Lipinski definition) is 7. The normalized spacial score (nSPS) is 11.8. The van der Waals surface area contributed by atoms with Crippen LogP contribution in [0.2, 0.25) is 0 Å². The van der Waals surface area contributed by atoms with Gasteiger partial charge < -0.3 is 29.8 Å². The topological polar surface area (TPSA) is 131 Å². The van der Waals surface area contributed by atoms with Crippen LogP contribution in [0.4, 0.5) is 0 Å². The van der Waals surface area contributed by atoms with E-state index in [1.54, 1.807) is 5.56 Å². The highest BCUT2D eigenvalue weighted by atomic mass is 31.2. The molecule has 2 aromatic rings. The Balaban J connectivity index is 0.00000383. The number of phenolic OH excluding ortho intramolecular Hbond substituents is 2. The number of rotatable bonds is 52. The lowest BCUT2D eigenvalue weighted by Gasteiger charge is -2.34. The van der Waals surface area contributed by atoms with Gasteiger partial charge in [-0.15, -0.1) is 0 Å². The maximum Gasteiger partial charge on any atom is 0.334 e. The zero-order valence-electron chi connectivity index (χ0n) is 50.7. The minimum Gasteiger partial charge on any atom is -0.508 e. The quantitative estimate of drug-likeness (QED) is 0.0287. The summed E-state index contributed by atoms with van der Waals surface area (Å²) in [4.78, 5) is 31.3. The average Bonchev–Trinajstić information content (AvgIpc) is 3.38. The molecule has 0 aliphatic carbocycles. The van der Waals surface area contributed by atoms with Crippen molar-refractivity contribution in [2.75, 3.05) is 0 Å². The van der Waals surface area contributed by atoms with Crippen LogP contribution in [0.3, 0.4) is 0 Å². The van der Waals surface area contributed by atoms with Crippen LogP contribution >= 0.6 is 17.2 Å². The molecule has 0 aliphatic heterocycles. The molecule has 0 amide bonds. The van der Waals surface area contributed by atoms with E-state index in [2.05, 4.69) is 58.0 Å². The smallest absolute Gasteiger partial charge is 0.334 e. The summed E-state index contributed by atoms with van der Waals surface area (Å²) in [5.41, 5.74) is 7.43. The van der Waals surface area contributed by atoms with Gasteiger partial charge in [-0.3, -0.25) is 0 Å². The van der Waals surface area contributed by atoms with E-state index in [0.29, 0.717) is 11.5 Å². The van der Waals surface area contributed by atoms with E-state index >= 15 is 0 Å². The van der Waals surface area contributed by atoms with Gasteiger partial charge in [-0.05, 0) is 79.7 Å². The largest absolute Gasteiger partial charge is 0.508 e. The van der Waals surface area contributed by atoms with Crippen molar-refractivity contribution in [1.82, 2.24) is 0 Å². The predicted molar refractivity (Wildman–Crippen MR) is 333 cm³/mol. The third-order valence-corrected chi connectivity index (χ3v) is 17.6. The molecule has 0 atom stereocenters. The van der Waals surface area contributed by atoms with Crippen LogP contribution in [-0.2, 0) is 35.4 Å². The molecule has 0 fully saturated rings. The summed E-state index contributed by atoms with van der Waals surface area (Å²) in [5, 5.41) is 24.5. The lowest BCUT2D eigenvalue weighted by molar-refractivity contribution is 0.324. The molecule has 0 spiro atoms. The second-order valence-corrected chi connectivity index (χ2v) is 25.2.